The first-order valence-electron chi connectivity index (χ1n) is 8.96. The quantitative estimate of drug-likeness (QED) is 0.563. The van der Waals surface area contributed by atoms with Crippen LogP contribution in [0.3, 0.4) is 0 Å². The molecule has 0 radical (unpaired) electrons. The standard InChI is InChI=1S/C22H19NO3S2/c1-15-11-12-20(28-15)22(25)26-13-21(24)23-17-9-5-6-10-19(17)27-14-18(23)16-7-3-2-4-8-16/h2-12,18H,13-14H2,1H3/t18-/m0/s1. The highest BCUT2D eigenvalue weighted by Crippen LogP contribution is 2.43. The Hall–Kier alpha value is -2.57. The second-order valence-electron chi connectivity index (χ2n) is 6.46. The molecule has 142 valence electrons. The van der Waals surface area contributed by atoms with Crippen molar-refractivity contribution in [3.8, 4) is 0 Å². The van der Waals surface area contributed by atoms with E-state index in [1.165, 1.54) is 11.3 Å². The first-order valence-corrected chi connectivity index (χ1v) is 10.8. The number of benzene rings is 2. The molecule has 0 bridgehead atoms. The summed E-state index contributed by atoms with van der Waals surface area (Å²) in [5, 5.41) is 0. The maximum atomic E-state index is 13.1. The van der Waals surface area contributed by atoms with Crippen LogP contribution in [0.1, 0.15) is 26.2 Å². The molecule has 0 spiro atoms. The smallest absolute Gasteiger partial charge is 0.348 e. The van der Waals surface area contributed by atoms with Gasteiger partial charge < -0.3 is 4.74 Å². The average Bonchev–Trinajstić information content (AvgIpc) is 3.18. The van der Waals surface area contributed by atoms with Crippen LogP contribution in [0.5, 0.6) is 0 Å². The summed E-state index contributed by atoms with van der Waals surface area (Å²) in [6, 6.07) is 21.3. The number of hydrogen-bond acceptors (Lipinski definition) is 5. The topological polar surface area (TPSA) is 46.6 Å². The highest BCUT2D eigenvalue weighted by Gasteiger charge is 2.33. The third-order valence-corrected chi connectivity index (χ3v) is 6.67. The number of rotatable bonds is 4. The van der Waals surface area contributed by atoms with Crippen LogP contribution < -0.4 is 4.90 Å². The molecule has 28 heavy (non-hydrogen) atoms. The van der Waals surface area contributed by atoms with Crippen molar-refractivity contribution in [2.24, 2.45) is 0 Å². The number of nitrogens with zero attached hydrogens (tertiary/aromatic N) is 1. The van der Waals surface area contributed by atoms with Gasteiger partial charge in [-0.3, -0.25) is 9.69 Å². The molecule has 0 unspecified atom stereocenters. The minimum atomic E-state index is -0.456. The van der Waals surface area contributed by atoms with E-state index in [0.29, 0.717) is 4.88 Å². The van der Waals surface area contributed by atoms with Crippen LogP contribution in [-0.4, -0.2) is 24.2 Å². The lowest BCUT2D eigenvalue weighted by Gasteiger charge is -2.37. The summed E-state index contributed by atoms with van der Waals surface area (Å²) < 4.78 is 5.33. The number of thioether (sulfide) groups is 1. The van der Waals surface area contributed by atoms with Gasteiger partial charge in [0, 0.05) is 15.5 Å². The lowest BCUT2D eigenvalue weighted by Crippen LogP contribution is -2.41. The summed E-state index contributed by atoms with van der Waals surface area (Å²) in [6.45, 7) is 1.65. The molecule has 2 aromatic carbocycles. The lowest BCUT2D eigenvalue weighted by atomic mass is 10.1. The van der Waals surface area contributed by atoms with Crippen molar-refractivity contribution in [2.45, 2.75) is 17.9 Å². The number of hydrogen-bond donors (Lipinski definition) is 0. The van der Waals surface area contributed by atoms with Crippen LogP contribution in [-0.2, 0) is 9.53 Å². The van der Waals surface area contributed by atoms with Crippen LogP contribution in [0.25, 0.3) is 0 Å². The molecular weight excluding hydrogens is 390 g/mol. The number of carbonyl (C=O) groups is 2. The van der Waals surface area contributed by atoms with Gasteiger partial charge in [0.05, 0.1) is 11.7 Å². The van der Waals surface area contributed by atoms with Crippen molar-refractivity contribution in [1.82, 2.24) is 0 Å². The van der Waals surface area contributed by atoms with E-state index in [1.54, 1.807) is 22.7 Å². The second-order valence-corrected chi connectivity index (χ2v) is 8.81. The van der Waals surface area contributed by atoms with E-state index in [4.69, 9.17) is 4.74 Å². The monoisotopic (exact) mass is 409 g/mol. The Morgan fingerprint density at radius 1 is 1.04 bits per heavy atom. The molecule has 1 atom stereocenters. The van der Waals surface area contributed by atoms with Crippen LogP contribution in [0, 0.1) is 6.92 Å². The van der Waals surface area contributed by atoms with E-state index < -0.39 is 5.97 Å². The number of ether oxygens (including phenoxy) is 1. The summed E-state index contributed by atoms with van der Waals surface area (Å²) >= 11 is 3.10. The molecule has 4 rings (SSSR count). The number of aryl methyl sites for hydroxylation is 1. The normalized spacial score (nSPS) is 15.8. The van der Waals surface area contributed by atoms with Crippen LogP contribution in [0.15, 0.2) is 71.6 Å². The van der Waals surface area contributed by atoms with Crippen molar-refractivity contribution >= 4 is 40.7 Å². The van der Waals surface area contributed by atoms with Gasteiger partial charge in [0.25, 0.3) is 5.91 Å². The molecule has 1 amide bonds. The summed E-state index contributed by atoms with van der Waals surface area (Å²) in [7, 11) is 0. The van der Waals surface area contributed by atoms with Crippen molar-refractivity contribution in [3.63, 3.8) is 0 Å². The molecule has 1 aliphatic heterocycles. The summed E-state index contributed by atoms with van der Waals surface area (Å²) in [4.78, 5) is 29.8. The predicted octanol–water partition coefficient (Wildman–Crippen LogP) is 5.09. The molecule has 6 heteroatoms. The highest BCUT2D eigenvalue weighted by atomic mass is 32.2. The fourth-order valence-corrected chi connectivity index (χ4v) is 5.16. The van der Waals surface area contributed by atoms with E-state index in [0.717, 1.165) is 26.8 Å². The molecule has 0 saturated heterocycles. The number of fused-ring (bicyclic) bond motifs is 1. The predicted molar refractivity (Wildman–Crippen MR) is 113 cm³/mol. The molecule has 1 aliphatic rings. The Morgan fingerprint density at radius 2 is 1.79 bits per heavy atom. The highest BCUT2D eigenvalue weighted by molar-refractivity contribution is 7.99. The van der Waals surface area contributed by atoms with Gasteiger partial charge in [-0.1, -0.05) is 42.5 Å². The number of amides is 1. The van der Waals surface area contributed by atoms with Crippen LogP contribution in [0.4, 0.5) is 5.69 Å². The maximum Gasteiger partial charge on any atom is 0.348 e. The minimum absolute atomic E-state index is 0.101. The zero-order valence-corrected chi connectivity index (χ0v) is 17.0. The minimum Gasteiger partial charge on any atom is -0.451 e. The Morgan fingerprint density at radius 3 is 2.54 bits per heavy atom. The second kappa shape index (κ2) is 8.20. The third kappa shape index (κ3) is 3.84. The van der Waals surface area contributed by atoms with E-state index in [1.807, 2.05) is 67.6 Å². The summed E-state index contributed by atoms with van der Waals surface area (Å²) in [5.41, 5.74) is 1.93. The van der Waals surface area contributed by atoms with Gasteiger partial charge in [-0.2, -0.15) is 0 Å². The van der Waals surface area contributed by atoms with Gasteiger partial charge in [-0.25, -0.2) is 4.79 Å². The van der Waals surface area contributed by atoms with Crippen molar-refractivity contribution < 1.29 is 14.3 Å². The van der Waals surface area contributed by atoms with Gasteiger partial charge in [0.2, 0.25) is 0 Å². The van der Waals surface area contributed by atoms with E-state index >= 15 is 0 Å². The number of anilines is 1. The van der Waals surface area contributed by atoms with Gasteiger partial charge in [-0.15, -0.1) is 23.1 Å². The zero-order valence-electron chi connectivity index (χ0n) is 15.3. The number of thiophene rings is 1. The summed E-state index contributed by atoms with van der Waals surface area (Å²) in [5.74, 6) is 0.0794. The molecule has 0 aliphatic carbocycles. The average molecular weight is 410 g/mol. The number of para-hydroxylation sites is 1. The maximum absolute atomic E-state index is 13.1. The molecule has 3 aromatic rings. The van der Waals surface area contributed by atoms with E-state index in [9.17, 15) is 9.59 Å². The van der Waals surface area contributed by atoms with Gasteiger partial charge in [0.1, 0.15) is 4.88 Å². The zero-order chi connectivity index (χ0) is 19.5. The molecule has 4 nitrogen and oxygen atoms in total. The SMILES string of the molecule is Cc1ccc(C(=O)OCC(=O)N2c3ccccc3SC[C@H]2c2ccccc2)s1. The Bertz CT molecular complexity index is 1000. The van der Waals surface area contributed by atoms with Crippen molar-refractivity contribution in [1.29, 1.82) is 0 Å². The molecule has 1 aromatic heterocycles. The molecular formula is C22H19NO3S2. The number of carbonyl (C=O) groups excluding carboxylic acids is 2. The van der Waals surface area contributed by atoms with Gasteiger partial charge in [-0.05, 0) is 36.8 Å². The van der Waals surface area contributed by atoms with Crippen molar-refractivity contribution in [2.75, 3.05) is 17.3 Å². The van der Waals surface area contributed by atoms with Crippen LogP contribution in [0.2, 0.25) is 0 Å². The Kier molecular flexibility index (Phi) is 5.50. The van der Waals surface area contributed by atoms with Gasteiger partial charge >= 0.3 is 5.97 Å². The van der Waals surface area contributed by atoms with Gasteiger partial charge in [0.15, 0.2) is 6.61 Å². The lowest BCUT2D eigenvalue weighted by molar-refractivity contribution is -0.122. The first-order chi connectivity index (χ1) is 13.6. The molecule has 2 heterocycles. The fraction of sp³-hybridized carbons (Fsp3) is 0.182. The Balaban J connectivity index is 1.58. The largest absolute Gasteiger partial charge is 0.451 e. The van der Waals surface area contributed by atoms with Crippen LogP contribution >= 0.6 is 23.1 Å². The summed E-state index contributed by atoms with van der Waals surface area (Å²) in [6.07, 6.45) is 0. The Labute approximate surface area is 172 Å². The molecule has 0 fully saturated rings. The first kappa shape index (κ1) is 18.8. The molecule has 0 N–H and O–H groups in total. The third-order valence-electron chi connectivity index (χ3n) is 4.55. The fourth-order valence-electron chi connectivity index (χ4n) is 3.23. The van der Waals surface area contributed by atoms with E-state index in [-0.39, 0.29) is 18.6 Å². The number of esters is 1. The van der Waals surface area contributed by atoms with E-state index in [2.05, 4.69) is 0 Å². The molecule has 0 saturated carbocycles. The van der Waals surface area contributed by atoms with Crippen molar-refractivity contribution in [3.05, 3.63) is 82.0 Å².